The zero-order valence-corrected chi connectivity index (χ0v) is 26.9. The first-order valence-electron chi connectivity index (χ1n) is 16.8. The lowest BCUT2D eigenvalue weighted by atomic mass is 8.99. The van der Waals surface area contributed by atoms with E-state index in [1.54, 1.807) is 19.2 Å². The first-order chi connectivity index (χ1) is 22.5. The molecule has 0 saturated heterocycles. The number of hydrogen-bond acceptors (Lipinski definition) is 7. The fraction of sp³-hybridized carbons (Fsp3) is 0.474. The minimum Gasteiger partial charge on any atom is -0.497 e. The van der Waals surface area contributed by atoms with E-state index in [4.69, 9.17) is 19.2 Å². The molecule has 0 amide bonds. The zero-order chi connectivity index (χ0) is 31.4. The van der Waals surface area contributed by atoms with E-state index in [0.29, 0.717) is 28.6 Å². The van der Waals surface area contributed by atoms with Gasteiger partial charge in [0.25, 0.3) is 0 Å². The molecular weight excluding hydrogens is 598 g/mol. The van der Waals surface area contributed by atoms with E-state index in [1.807, 2.05) is 36.6 Å². The number of carboxylic acids is 1. The van der Waals surface area contributed by atoms with Crippen LogP contribution >= 0.6 is 11.8 Å². The van der Waals surface area contributed by atoms with Crippen LogP contribution in [0.5, 0.6) is 11.5 Å². The van der Waals surface area contributed by atoms with Gasteiger partial charge in [0.1, 0.15) is 28.2 Å². The smallest absolute Gasteiger partial charge is 0.335 e. The van der Waals surface area contributed by atoms with Crippen LogP contribution in [0.3, 0.4) is 0 Å². The molecule has 0 radical (unpaired) electrons. The number of carboxylic acid groups (broad SMARTS) is 1. The minimum atomic E-state index is -1.02. The maximum atomic E-state index is 11.4. The molecule has 1 unspecified atom stereocenters. The highest BCUT2D eigenvalue weighted by atomic mass is 32.2. The molecule has 7 nitrogen and oxygen atoms in total. The Labute approximate surface area is 274 Å². The topological polar surface area (TPSA) is 98.1 Å². The van der Waals surface area contributed by atoms with Crippen LogP contribution in [-0.2, 0) is 11.2 Å². The van der Waals surface area contributed by atoms with Crippen LogP contribution in [0.1, 0.15) is 71.1 Å². The van der Waals surface area contributed by atoms with Crippen molar-refractivity contribution in [1.29, 1.82) is 0 Å². The number of benzene rings is 2. The van der Waals surface area contributed by atoms with Crippen LogP contribution in [0.25, 0.3) is 6.08 Å². The predicted octanol–water partition coefficient (Wildman–Crippen LogP) is 7.64. The van der Waals surface area contributed by atoms with Crippen LogP contribution in [0, 0.1) is 41.4 Å². The Bertz CT molecular complexity index is 1590. The second-order valence-electron chi connectivity index (χ2n) is 13.7. The number of methoxy groups -OCH3 is 1. The summed E-state index contributed by atoms with van der Waals surface area (Å²) in [5, 5.41) is 20.8. The van der Waals surface area contributed by atoms with E-state index in [9.17, 15) is 15.0 Å². The lowest BCUT2D eigenvalue weighted by molar-refractivity contribution is -0.620. The number of aromatic nitrogens is 1. The number of aryl methyl sites for hydroxylation is 1. The number of rotatable bonds is 18. The predicted molar refractivity (Wildman–Crippen MR) is 176 cm³/mol. The van der Waals surface area contributed by atoms with Gasteiger partial charge in [-0.15, -0.1) is 0 Å². The number of aliphatic hydroxyl groups is 1. The molecule has 240 valence electrons. The summed E-state index contributed by atoms with van der Waals surface area (Å²) in [5.74, 6) is 6.91. The summed E-state index contributed by atoms with van der Waals surface area (Å²) in [6, 6.07) is 18.5. The molecule has 1 heterocycles. The fourth-order valence-electron chi connectivity index (χ4n) is 9.65. The summed E-state index contributed by atoms with van der Waals surface area (Å²) in [7, 11) is 1.70. The average Bonchev–Trinajstić information content (AvgIpc) is 3.08. The Morgan fingerprint density at radius 2 is 1.65 bits per heavy atom. The van der Waals surface area contributed by atoms with Gasteiger partial charge in [0.05, 0.1) is 30.6 Å². The van der Waals surface area contributed by atoms with Crippen molar-refractivity contribution in [2.75, 3.05) is 13.7 Å². The number of unbranched alkanes of at least 4 members (excludes halogenated alkanes) is 5. The molecule has 1 aromatic heterocycles. The van der Waals surface area contributed by atoms with Crippen molar-refractivity contribution in [3.63, 3.8) is 0 Å². The highest BCUT2D eigenvalue weighted by Crippen LogP contribution is 3.03. The third-order valence-electron chi connectivity index (χ3n) is 11.7. The summed E-state index contributed by atoms with van der Waals surface area (Å²) >= 11 is 1.18. The molecule has 2 N–H and O–H groups in total. The lowest BCUT2D eigenvalue weighted by Gasteiger charge is -3.05. The Hall–Kier alpha value is -3.49. The van der Waals surface area contributed by atoms with Gasteiger partial charge in [-0.25, -0.2) is 9.78 Å². The maximum absolute atomic E-state index is 11.4. The van der Waals surface area contributed by atoms with Crippen molar-refractivity contribution in [3.05, 3.63) is 89.3 Å². The number of pyridine rings is 1. The fourth-order valence-corrected chi connectivity index (χ4v) is 10.5. The monoisotopic (exact) mass is 639 g/mol. The summed E-state index contributed by atoms with van der Waals surface area (Å²) < 4.78 is 17.9. The number of nitrogens with zero attached hydrogens (tertiary/aromatic N) is 1. The molecule has 8 heteroatoms. The van der Waals surface area contributed by atoms with E-state index in [1.165, 1.54) is 55.1 Å². The minimum absolute atomic E-state index is 0.124. The molecule has 6 saturated carbocycles. The highest BCUT2D eigenvalue weighted by molar-refractivity contribution is 7.99. The summed E-state index contributed by atoms with van der Waals surface area (Å²) in [4.78, 5) is 16.2. The van der Waals surface area contributed by atoms with Gasteiger partial charge < -0.3 is 24.4 Å². The molecule has 6 aliphatic carbocycles. The Kier molecular flexibility index (Phi) is 7.76. The Balaban J connectivity index is 0.836. The third kappa shape index (κ3) is 4.66. The number of aromatic carboxylic acids is 1. The number of ether oxygens (including phenoxy) is 3. The van der Waals surface area contributed by atoms with E-state index in [2.05, 4.69) is 12.1 Å². The standard InChI is InChI=1S/C38H41NO6S/c1-43-25-14-12-22(13-15-25)9-6-4-2-3-5-7-19-44-27-16-17-28(46-37(42)24-11-8-10-23(21-24)36(40)41)39-26(27)18-20-45-38-33-30-29-31(33)35(38)32(29)34(30)38/h8,10-18,20-21,29-35,37,42H,2-7,9,19H2,1H3,(H,40,41). The van der Waals surface area contributed by atoms with E-state index < -0.39 is 11.4 Å². The van der Waals surface area contributed by atoms with Crippen molar-refractivity contribution >= 4 is 23.8 Å². The molecule has 6 aliphatic rings. The highest BCUT2D eigenvalue weighted by Gasteiger charge is 3.06. The van der Waals surface area contributed by atoms with Crippen molar-refractivity contribution < 1.29 is 29.2 Å². The van der Waals surface area contributed by atoms with E-state index >= 15 is 0 Å². The summed E-state index contributed by atoms with van der Waals surface area (Å²) in [6.45, 7) is 0.620. The van der Waals surface area contributed by atoms with Crippen LogP contribution in [0.15, 0.2) is 72.0 Å². The third-order valence-corrected chi connectivity index (χ3v) is 12.6. The van der Waals surface area contributed by atoms with Crippen LogP contribution in [-0.4, -0.2) is 40.5 Å². The largest absolute Gasteiger partial charge is 0.497 e. The lowest BCUT2D eigenvalue weighted by Crippen LogP contribution is -3.08. The van der Waals surface area contributed by atoms with Gasteiger partial charge in [0.15, 0.2) is 0 Å². The van der Waals surface area contributed by atoms with Crippen molar-refractivity contribution in [3.8, 4) is 11.5 Å². The van der Waals surface area contributed by atoms with Gasteiger partial charge >= 0.3 is 5.97 Å². The zero-order valence-electron chi connectivity index (χ0n) is 26.1. The molecular formula is C38H41NO6S. The van der Waals surface area contributed by atoms with Gasteiger partial charge in [-0.2, -0.15) is 0 Å². The van der Waals surface area contributed by atoms with Gasteiger partial charge in [0, 0.05) is 23.8 Å². The second kappa shape index (κ2) is 11.9. The number of carbonyl (C=O) groups is 1. The van der Waals surface area contributed by atoms with E-state index in [0.717, 1.165) is 66.4 Å². The first kappa shape index (κ1) is 29.9. The van der Waals surface area contributed by atoms with Gasteiger partial charge in [-0.1, -0.05) is 61.7 Å². The second-order valence-corrected chi connectivity index (χ2v) is 14.8. The van der Waals surface area contributed by atoms with E-state index in [-0.39, 0.29) is 11.2 Å². The molecule has 3 aromatic rings. The molecule has 6 fully saturated rings. The van der Waals surface area contributed by atoms with Crippen molar-refractivity contribution in [1.82, 2.24) is 4.98 Å². The normalized spacial score (nSPS) is 30.6. The van der Waals surface area contributed by atoms with Crippen molar-refractivity contribution in [2.45, 2.75) is 61.0 Å². The van der Waals surface area contributed by atoms with Crippen molar-refractivity contribution in [2.24, 2.45) is 41.4 Å². The van der Waals surface area contributed by atoms with Crippen LogP contribution in [0.2, 0.25) is 0 Å². The summed E-state index contributed by atoms with van der Waals surface area (Å²) in [6.07, 6.45) is 11.8. The van der Waals surface area contributed by atoms with Gasteiger partial charge in [-0.3, -0.25) is 0 Å². The maximum Gasteiger partial charge on any atom is 0.335 e. The molecule has 9 rings (SSSR count). The number of hydrogen-bond donors (Lipinski definition) is 2. The SMILES string of the molecule is COc1ccc(CCCCCCCCOc2ccc(SC(O)c3cccc(C(=O)O)c3)nc2C=COC23C4C5C6C4C2C6C53)cc1. The van der Waals surface area contributed by atoms with Gasteiger partial charge in [-0.05, 0) is 90.5 Å². The quantitative estimate of drug-likeness (QED) is 0.0634. The number of thioether (sulfide) groups is 1. The molecule has 0 aliphatic heterocycles. The molecule has 0 spiro atoms. The van der Waals surface area contributed by atoms with Crippen LogP contribution in [0.4, 0.5) is 0 Å². The molecule has 46 heavy (non-hydrogen) atoms. The van der Waals surface area contributed by atoms with Gasteiger partial charge in [0.2, 0.25) is 0 Å². The Morgan fingerprint density at radius 3 is 2.37 bits per heavy atom. The number of aliphatic hydroxyl groups excluding tert-OH is 1. The van der Waals surface area contributed by atoms with Crippen LogP contribution < -0.4 is 9.47 Å². The molecule has 1 atom stereocenters. The Morgan fingerprint density at radius 1 is 0.935 bits per heavy atom. The average molecular weight is 640 g/mol. The molecule has 2 aromatic carbocycles. The first-order valence-corrected chi connectivity index (χ1v) is 17.7. The summed E-state index contributed by atoms with van der Waals surface area (Å²) in [5.41, 5.74) is 1.89. The molecule has 0 bridgehead atoms.